The van der Waals surface area contributed by atoms with Crippen molar-refractivity contribution in [3.8, 4) is 0 Å². The van der Waals surface area contributed by atoms with Gasteiger partial charge in [-0.2, -0.15) is 0 Å². The Hall–Kier alpha value is -1.63. The van der Waals surface area contributed by atoms with Crippen LogP contribution >= 0.6 is 0 Å². The van der Waals surface area contributed by atoms with Crippen LogP contribution in [0.2, 0.25) is 0 Å². The molecule has 2 saturated heterocycles. The molecule has 0 aromatic carbocycles. The molecule has 2 N–H and O–H groups in total. The molecule has 0 aromatic rings. The molecule has 21 heavy (non-hydrogen) atoms. The zero-order chi connectivity index (χ0) is 15.6. The summed E-state index contributed by atoms with van der Waals surface area (Å²) in [6.45, 7) is 6.00. The number of piperidine rings is 1. The van der Waals surface area contributed by atoms with Crippen molar-refractivity contribution in [1.29, 1.82) is 0 Å². The minimum atomic E-state index is -1.17. The summed E-state index contributed by atoms with van der Waals surface area (Å²) in [4.78, 5) is 38.7. The molecule has 7 heteroatoms. The van der Waals surface area contributed by atoms with E-state index in [0.717, 1.165) is 37.4 Å². The minimum Gasteiger partial charge on any atom is -0.480 e. The first-order valence-electron chi connectivity index (χ1n) is 7.52. The lowest BCUT2D eigenvalue weighted by atomic mass is 9.87. The molecule has 2 aliphatic heterocycles. The third kappa shape index (κ3) is 2.88. The van der Waals surface area contributed by atoms with Gasteiger partial charge in [0, 0.05) is 13.1 Å². The number of rotatable bonds is 5. The van der Waals surface area contributed by atoms with E-state index in [1.54, 1.807) is 0 Å². The van der Waals surface area contributed by atoms with Crippen molar-refractivity contribution >= 4 is 17.9 Å². The maximum Gasteiger partial charge on any atom is 0.326 e. The molecule has 1 atom stereocenters. The number of likely N-dealkylation sites (tertiary alicyclic amines) is 1. The zero-order valence-corrected chi connectivity index (χ0v) is 12.6. The van der Waals surface area contributed by atoms with E-state index in [-0.39, 0.29) is 0 Å². The number of carbonyl (C=O) groups excluding carboxylic acids is 2. The first kappa shape index (κ1) is 15.8. The zero-order valence-electron chi connectivity index (χ0n) is 12.6. The summed E-state index contributed by atoms with van der Waals surface area (Å²) in [6, 6.07) is -1.72. The average Bonchev–Trinajstić information content (AvgIpc) is 2.69. The SMILES string of the molecule is CCCCN1CCC2(CC1)NC(=O)N(C(C)C(=O)O)C2=O. The van der Waals surface area contributed by atoms with Gasteiger partial charge in [0.1, 0.15) is 11.6 Å². The van der Waals surface area contributed by atoms with Crippen LogP contribution in [-0.2, 0) is 9.59 Å². The molecule has 2 rings (SSSR count). The van der Waals surface area contributed by atoms with E-state index in [9.17, 15) is 14.4 Å². The highest BCUT2D eigenvalue weighted by Gasteiger charge is 2.54. The first-order valence-corrected chi connectivity index (χ1v) is 7.52. The molecule has 118 valence electrons. The van der Waals surface area contributed by atoms with Crippen LogP contribution in [0.5, 0.6) is 0 Å². The third-order valence-corrected chi connectivity index (χ3v) is 4.48. The van der Waals surface area contributed by atoms with Crippen LogP contribution in [0.3, 0.4) is 0 Å². The maximum absolute atomic E-state index is 12.5. The Labute approximate surface area is 124 Å². The lowest BCUT2D eigenvalue weighted by Gasteiger charge is -2.37. The second-order valence-corrected chi connectivity index (χ2v) is 5.90. The number of urea groups is 1. The molecule has 1 unspecified atom stereocenters. The van der Waals surface area contributed by atoms with E-state index >= 15 is 0 Å². The normalized spacial score (nSPS) is 23.4. The van der Waals surface area contributed by atoms with Gasteiger partial charge < -0.3 is 15.3 Å². The van der Waals surface area contributed by atoms with Crippen molar-refractivity contribution < 1.29 is 19.5 Å². The van der Waals surface area contributed by atoms with E-state index in [1.807, 2.05) is 0 Å². The molecule has 3 amide bonds. The maximum atomic E-state index is 12.5. The smallest absolute Gasteiger partial charge is 0.326 e. The standard InChI is InChI=1S/C14H23N3O4/c1-3-4-7-16-8-5-14(6-9-16)12(20)17(13(21)15-14)10(2)11(18)19/h10H,3-9H2,1-2H3,(H,15,21)(H,18,19). The van der Waals surface area contributed by atoms with Gasteiger partial charge in [-0.1, -0.05) is 13.3 Å². The molecule has 2 heterocycles. The number of hydrogen-bond donors (Lipinski definition) is 2. The Morgan fingerprint density at radius 3 is 2.52 bits per heavy atom. The summed E-state index contributed by atoms with van der Waals surface area (Å²) in [5.74, 6) is -1.56. The third-order valence-electron chi connectivity index (χ3n) is 4.48. The Morgan fingerprint density at radius 2 is 2.00 bits per heavy atom. The predicted octanol–water partition coefficient (Wildman–Crippen LogP) is 0.646. The highest BCUT2D eigenvalue weighted by molar-refractivity contribution is 6.09. The highest BCUT2D eigenvalue weighted by atomic mass is 16.4. The van der Waals surface area contributed by atoms with Gasteiger partial charge in [0.05, 0.1) is 0 Å². The number of carboxylic acid groups (broad SMARTS) is 1. The van der Waals surface area contributed by atoms with Crippen LogP contribution < -0.4 is 5.32 Å². The molecule has 0 aromatic heterocycles. The molecule has 7 nitrogen and oxygen atoms in total. The van der Waals surface area contributed by atoms with Crippen molar-refractivity contribution in [2.75, 3.05) is 19.6 Å². The first-order chi connectivity index (χ1) is 9.91. The minimum absolute atomic E-state index is 0.391. The Balaban J connectivity index is 2.04. The van der Waals surface area contributed by atoms with Gasteiger partial charge in [0.2, 0.25) is 0 Å². The monoisotopic (exact) mass is 297 g/mol. The molecular weight excluding hydrogens is 274 g/mol. The summed E-state index contributed by atoms with van der Waals surface area (Å²) in [7, 11) is 0. The van der Waals surface area contributed by atoms with E-state index in [0.29, 0.717) is 12.8 Å². The Bertz CT molecular complexity index is 444. The van der Waals surface area contributed by atoms with Crippen molar-refractivity contribution in [1.82, 2.24) is 15.1 Å². The number of imide groups is 1. The lowest BCUT2D eigenvalue weighted by Crippen LogP contribution is -2.55. The number of unbranched alkanes of at least 4 members (excludes halogenated alkanes) is 1. The number of hydrogen-bond acceptors (Lipinski definition) is 4. The largest absolute Gasteiger partial charge is 0.480 e. The lowest BCUT2D eigenvalue weighted by molar-refractivity contribution is -0.147. The van der Waals surface area contributed by atoms with Gasteiger partial charge >= 0.3 is 12.0 Å². The van der Waals surface area contributed by atoms with Crippen LogP contribution in [-0.4, -0.2) is 64.0 Å². The van der Waals surface area contributed by atoms with Gasteiger partial charge in [0.25, 0.3) is 5.91 Å². The van der Waals surface area contributed by atoms with Crippen LogP contribution in [0.15, 0.2) is 0 Å². The van der Waals surface area contributed by atoms with Gasteiger partial charge in [-0.15, -0.1) is 0 Å². The van der Waals surface area contributed by atoms with Gasteiger partial charge in [-0.05, 0) is 32.7 Å². The number of carboxylic acids is 1. The number of amides is 3. The van der Waals surface area contributed by atoms with E-state index in [1.165, 1.54) is 6.92 Å². The molecule has 0 saturated carbocycles. The molecule has 0 radical (unpaired) electrons. The molecule has 2 aliphatic rings. The summed E-state index contributed by atoms with van der Waals surface area (Å²) in [5, 5.41) is 11.8. The van der Waals surface area contributed by atoms with Gasteiger partial charge in [0.15, 0.2) is 0 Å². The summed E-state index contributed by atoms with van der Waals surface area (Å²) in [5.41, 5.74) is -0.899. The summed E-state index contributed by atoms with van der Waals surface area (Å²) < 4.78 is 0. The fourth-order valence-electron chi connectivity index (χ4n) is 2.98. The number of carbonyl (C=O) groups is 3. The van der Waals surface area contributed by atoms with Crippen LogP contribution in [0, 0.1) is 0 Å². The highest BCUT2D eigenvalue weighted by Crippen LogP contribution is 2.30. The van der Waals surface area contributed by atoms with Crippen molar-refractivity contribution in [2.24, 2.45) is 0 Å². The fraction of sp³-hybridized carbons (Fsp3) is 0.786. The number of aliphatic carboxylic acids is 1. The molecule has 2 fully saturated rings. The second kappa shape index (κ2) is 6.01. The van der Waals surface area contributed by atoms with Crippen LogP contribution in [0.4, 0.5) is 4.79 Å². The fourth-order valence-corrected chi connectivity index (χ4v) is 2.98. The second-order valence-electron chi connectivity index (χ2n) is 5.90. The average molecular weight is 297 g/mol. The van der Waals surface area contributed by atoms with Gasteiger partial charge in [-0.3, -0.25) is 4.79 Å². The quantitative estimate of drug-likeness (QED) is 0.727. The summed E-state index contributed by atoms with van der Waals surface area (Å²) >= 11 is 0. The van der Waals surface area contributed by atoms with Crippen molar-refractivity contribution in [3.63, 3.8) is 0 Å². The Kier molecular flexibility index (Phi) is 4.51. The van der Waals surface area contributed by atoms with Crippen LogP contribution in [0.1, 0.15) is 39.5 Å². The van der Waals surface area contributed by atoms with E-state index in [4.69, 9.17) is 5.11 Å². The number of nitrogens with one attached hydrogen (secondary N) is 1. The Morgan fingerprint density at radius 1 is 1.38 bits per heavy atom. The van der Waals surface area contributed by atoms with Crippen molar-refractivity contribution in [3.05, 3.63) is 0 Å². The van der Waals surface area contributed by atoms with Crippen molar-refractivity contribution in [2.45, 2.75) is 51.1 Å². The summed E-state index contributed by atoms with van der Waals surface area (Å²) in [6.07, 6.45) is 3.34. The predicted molar refractivity (Wildman–Crippen MR) is 75.8 cm³/mol. The van der Waals surface area contributed by atoms with E-state index < -0.39 is 29.5 Å². The molecule has 0 bridgehead atoms. The topological polar surface area (TPSA) is 90.0 Å². The van der Waals surface area contributed by atoms with Crippen LogP contribution in [0.25, 0.3) is 0 Å². The number of nitrogens with zero attached hydrogens (tertiary/aromatic N) is 2. The molecular formula is C14H23N3O4. The molecule has 0 aliphatic carbocycles. The van der Waals surface area contributed by atoms with E-state index in [2.05, 4.69) is 17.1 Å². The van der Waals surface area contributed by atoms with Gasteiger partial charge in [-0.25, -0.2) is 14.5 Å². The molecule has 1 spiro atoms.